The molecular weight excluding hydrogens is 198 g/mol. The van der Waals surface area contributed by atoms with E-state index < -0.39 is 0 Å². The standard InChI is InChI=1S/C14H21NO/c1-11-6-3-4-9-15(11)12(2)13-7-5-8-14(16)10-13/h5,7-8,10-12,16H,3-4,6,9H2,1-2H3. The largest absolute Gasteiger partial charge is 0.508 e. The topological polar surface area (TPSA) is 23.5 Å². The van der Waals surface area contributed by atoms with Gasteiger partial charge in [-0.2, -0.15) is 0 Å². The van der Waals surface area contributed by atoms with Gasteiger partial charge >= 0.3 is 0 Å². The Morgan fingerprint density at radius 3 is 2.88 bits per heavy atom. The number of hydrogen-bond donors (Lipinski definition) is 1. The summed E-state index contributed by atoms with van der Waals surface area (Å²) in [6.45, 7) is 5.72. The Kier molecular flexibility index (Phi) is 3.49. The number of rotatable bonds is 2. The van der Waals surface area contributed by atoms with E-state index in [1.54, 1.807) is 6.07 Å². The Morgan fingerprint density at radius 1 is 1.38 bits per heavy atom. The average Bonchev–Trinajstić information content (AvgIpc) is 2.29. The molecule has 2 heteroatoms. The molecule has 0 aliphatic carbocycles. The summed E-state index contributed by atoms with van der Waals surface area (Å²) in [5, 5.41) is 9.51. The number of phenols is 1. The van der Waals surface area contributed by atoms with Gasteiger partial charge in [0, 0.05) is 12.1 Å². The summed E-state index contributed by atoms with van der Waals surface area (Å²) in [6, 6.07) is 8.71. The zero-order chi connectivity index (χ0) is 11.5. The van der Waals surface area contributed by atoms with Gasteiger partial charge in [0.25, 0.3) is 0 Å². The van der Waals surface area contributed by atoms with E-state index in [2.05, 4.69) is 24.8 Å². The summed E-state index contributed by atoms with van der Waals surface area (Å²) < 4.78 is 0. The van der Waals surface area contributed by atoms with Gasteiger partial charge in [0.15, 0.2) is 0 Å². The fourth-order valence-corrected chi connectivity index (χ4v) is 2.67. The van der Waals surface area contributed by atoms with Crippen LogP contribution in [0.4, 0.5) is 0 Å². The summed E-state index contributed by atoms with van der Waals surface area (Å²) in [6.07, 6.45) is 3.95. The molecule has 1 aromatic rings. The van der Waals surface area contributed by atoms with Gasteiger partial charge in [-0.15, -0.1) is 0 Å². The van der Waals surface area contributed by atoms with Gasteiger partial charge in [-0.1, -0.05) is 18.6 Å². The third-order valence-electron chi connectivity index (χ3n) is 3.70. The van der Waals surface area contributed by atoms with Crippen LogP contribution in [0, 0.1) is 0 Å². The van der Waals surface area contributed by atoms with Crippen molar-refractivity contribution in [2.45, 2.75) is 45.2 Å². The fraction of sp³-hybridized carbons (Fsp3) is 0.571. The molecule has 0 aromatic heterocycles. The molecule has 0 saturated carbocycles. The van der Waals surface area contributed by atoms with Crippen LogP contribution >= 0.6 is 0 Å². The zero-order valence-corrected chi connectivity index (χ0v) is 10.2. The lowest BCUT2D eigenvalue weighted by Gasteiger charge is -2.38. The number of nitrogens with zero attached hydrogens (tertiary/aromatic N) is 1. The first-order valence-electron chi connectivity index (χ1n) is 6.23. The van der Waals surface area contributed by atoms with E-state index in [0.717, 1.165) is 0 Å². The first-order valence-corrected chi connectivity index (χ1v) is 6.23. The van der Waals surface area contributed by atoms with Gasteiger partial charge in [0.05, 0.1) is 0 Å². The lowest BCUT2D eigenvalue weighted by atomic mass is 9.98. The molecule has 1 fully saturated rings. The van der Waals surface area contributed by atoms with Crippen molar-refractivity contribution in [1.82, 2.24) is 4.90 Å². The Labute approximate surface area is 97.9 Å². The third kappa shape index (κ3) is 2.38. The average molecular weight is 219 g/mol. The highest BCUT2D eigenvalue weighted by Crippen LogP contribution is 2.29. The highest BCUT2D eigenvalue weighted by Gasteiger charge is 2.23. The van der Waals surface area contributed by atoms with Crippen LogP contribution in [-0.2, 0) is 0 Å². The minimum Gasteiger partial charge on any atom is -0.508 e. The molecule has 2 unspecified atom stereocenters. The zero-order valence-electron chi connectivity index (χ0n) is 10.2. The van der Waals surface area contributed by atoms with Crippen molar-refractivity contribution in [2.75, 3.05) is 6.54 Å². The van der Waals surface area contributed by atoms with Crippen molar-refractivity contribution in [2.24, 2.45) is 0 Å². The molecule has 2 nitrogen and oxygen atoms in total. The highest BCUT2D eigenvalue weighted by molar-refractivity contribution is 5.29. The maximum atomic E-state index is 9.51. The molecule has 2 rings (SSSR count). The highest BCUT2D eigenvalue weighted by atomic mass is 16.3. The number of benzene rings is 1. The van der Waals surface area contributed by atoms with Crippen molar-refractivity contribution in [3.05, 3.63) is 29.8 Å². The first-order chi connectivity index (χ1) is 7.68. The van der Waals surface area contributed by atoms with Crippen LogP contribution in [0.5, 0.6) is 5.75 Å². The second-order valence-electron chi connectivity index (χ2n) is 4.85. The smallest absolute Gasteiger partial charge is 0.115 e. The van der Waals surface area contributed by atoms with E-state index in [9.17, 15) is 5.11 Å². The summed E-state index contributed by atoms with van der Waals surface area (Å²) in [7, 11) is 0. The number of piperidine rings is 1. The lowest BCUT2D eigenvalue weighted by molar-refractivity contribution is 0.114. The van der Waals surface area contributed by atoms with Gasteiger partial charge in [-0.3, -0.25) is 4.90 Å². The molecule has 1 aliphatic rings. The Balaban J connectivity index is 2.14. The molecule has 0 amide bonds. The molecule has 0 radical (unpaired) electrons. The van der Waals surface area contributed by atoms with Gasteiger partial charge in [-0.05, 0) is 50.9 Å². The van der Waals surface area contributed by atoms with Crippen molar-refractivity contribution in [3.8, 4) is 5.75 Å². The monoisotopic (exact) mass is 219 g/mol. The molecule has 88 valence electrons. The van der Waals surface area contributed by atoms with Crippen molar-refractivity contribution >= 4 is 0 Å². The van der Waals surface area contributed by atoms with Crippen LogP contribution in [0.2, 0.25) is 0 Å². The van der Waals surface area contributed by atoms with Gasteiger partial charge in [0.2, 0.25) is 0 Å². The number of aromatic hydroxyl groups is 1. The quantitative estimate of drug-likeness (QED) is 0.824. The molecule has 2 atom stereocenters. The molecule has 0 spiro atoms. The number of likely N-dealkylation sites (tertiary alicyclic amines) is 1. The second-order valence-corrected chi connectivity index (χ2v) is 4.85. The summed E-state index contributed by atoms with van der Waals surface area (Å²) >= 11 is 0. The maximum Gasteiger partial charge on any atom is 0.115 e. The Hall–Kier alpha value is -1.02. The Morgan fingerprint density at radius 2 is 2.19 bits per heavy atom. The molecule has 1 saturated heterocycles. The molecular formula is C14H21NO. The number of phenolic OH excluding ortho intramolecular Hbond substituents is 1. The van der Waals surface area contributed by atoms with Crippen molar-refractivity contribution < 1.29 is 5.11 Å². The van der Waals surface area contributed by atoms with Crippen molar-refractivity contribution in [1.29, 1.82) is 0 Å². The third-order valence-corrected chi connectivity index (χ3v) is 3.70. The predicted molar refractivity (Wildman–Crippen MR) is 66.5 cm³/mol. The van der Waals surface area contributed by atoms with Crippen LogP contribution in [0.15, 0.2) is 24.3 Å². The van der Waals surface area contributed by atoms with Crippen LogP contribution in [0.3, 0.4) is 0 Å². The van der Waals surface area contributed by atoms with Crippen LogP contribution in [-0.4, -0.2) is 22.6 Å². The van der Waals surface area contributed by atoms with E-state index in [1.165, 1.54) is 31.4 Å². The number of hydrogen-bond acceptors (Lipinski definition) is 2. The van der Waals surface area contributed by atoms with Gasteiger partial charge in [0.1, 0.15) is 5.75 Å². The predicted octanol–water partition coefficient (Wildman–Crippen LogP) is 3.33. The normalized spacial score (nSPS) is 24.2. The van der Waals surface area contributed by atoms with Crippen LogP contribution < -0.4 is 0 Å². The van der Waals surface area contributed by atoms with E-state index in [4.69, 9.17) is 0 Å². The van der Waals surface area contributed by atoms with Crippen molar-refractivity contribution in [3.63, 3.8) is 0 Å². The molecule has 1 heterocycles. The lowest BCUT2D eigenvalue weighted by Crippen LogP contribution is -2.39. The van der Waals surface area contributed by atoms with Crippen LogP contribution in [0.1, 0.15) is 44.7 Å². The minimum atomic E-state index is 0.369. The summed E-state index contributed by atoms with van der Waals surface area (Å²) in [5.41, 5.74) is 1.22. The molecule has 16 heavy (non-hydrogen) atoms. The van der Waals surface area contributed by atoms with Gasteiger partial charge < -0.3 is 5.11 Å². The maximum absolute atomic E-state index is 9.51. The summed E-state index contributed by atoms with van der Waals surface area (Å²) in [4.78, 5) is 2.54. The van der Waals surface area contributed by atoms with Gasteiger partial charge in [-0.25, -0.2) is 0 Å². The second kappa shape index (κ2) is 4.88. The van der Waals surface area contributed by atoms with E-state index in [0.29, 0.717) is 17.8 Å². The first kappa shape index (κ1) is 11.5. The Bertz CT molecular complexity index is 350. The minimum absolute atomic E-state index is 0.369. The van der Waals surface area contributed by atoms with E-state index in [-0.39, 0.29) is 0 Å². The molecule has 1 N–H and O–H groups in total. The van der Waals surface area contributed by atoms with Crippen LogP contribution in [0.25, 0.3) is 0 Å². The fourth-order valence-electron chi connectivity index (χ4n) is 2.67. The molecule has 0 bridgehead atoms. The molecule has 1 aromatic carbocycles. The SMILES string of the molecule is CC1CCCCN1C(C)c1cccc(O)c1. The molecule has 1 aliphatic heterocycles. The van der Waals surface area contributed by atoms with E-state index in [1.807, 2.05) is 12.1 Å². The van der Waals surface area contributed by atoms with E-state index >= 15 is 0 Å². The summed E-state index contributed by atoms with van der Waals surface area (Å²) in [5.74, 6) is 0.369.